The SMILES string of the molecule is C.CC1COC2Cn3cc(C(=O)NCc4ccc(F)cc4F)c(=O)c(O)c3C(=O)N12. The number of rotatable bonds is 3. The third-order valence-corrected chi connectivity index (χ3v) is 5.06. The van der Waals surface area contributed by atoms with Crippen LogP contribution < -0.4 is 10.7 Å². The van der Waals surface area contributed by atoms with Crippen LogP contribution in [0.3, 0.4) is 0 Å². The first-order valence-corrected chi connectivity index (χ1v) is 8.90. The summed E-state index contributed by atoms with van der Waals surface area (Å²) >= 11 is 0. The fraction of sp³-hybridized carbons (Fsp3) is 0.350. The predicted molar refractivity (Wildman–Crippen MR) is 102 cm³/mol. The van der Waals surface area contributed by atoms with Crippen molar-refractivity contribution in [2.45, 2.75) is 39.7 Å². The van der Waals surface area contributed by atoms with Gasteiger partial charge in [0, 0.05) is 24.4 Å². The number of nitrogens with one attached hydrogen (secondary N) is 1. The topological polar surface area (TPSA) is 101 Å². The number of halogens is 2. The molecule has 0 bridgehead atoms. The molecule has 1 aromatic carbocycles. The van der Waals surface area contributed by atoms with Crippen molar-refractivity contribution in [3.63, 3.8) is 0 Å². The van der Waals surface area contributed by atoms with Crippen LogP contribution in [0.5, 0.6) is 5.75 Å². The number of aromatic nitrogens is 1. The lowest BCUT2D eigenvalue weighted by Crippen LogP contribution is -2.49. The summed E-state index contributed by atoms with van der Waals surface area (Å²) in [4.78, 5) is 39.1. The molecular weight excluding hydrogens is 400 g/mol. The number of carbonyl (C=O) groups is 2. The van der Waals surface area contributed by atoms with Crippen LogP contribution in [-0.4, -0.2) is 45.3 Å². The van der Waals surface area contributed by atoms with Crippen molar-refractivity contribution in [2.24, 2.45) is 0 Å². The van der Waals surface area contributed by atoms with E-state index in [0.29, 0.717) is 12.7 Å². The molecule has 0 radical (unpaired) electrons. The average Bonchev–Trinajstić information content (AvgIpc) is 3.04. The molecule has 2 atom stereocenters. The highest BCUT2D eigenvalue weighted by molar-refractivity contribution is 5.99. The molecule has 8 nitrogen and oxygen atoms in total. The molecule has 4 rings (SSSR count). The van der Waals surface area contributed by atoms with E-state index in [1.165, 1.54) is 21.7 Å². The molecule has 0 saturated carbocycles. The van der Waals surface area contributed by atoms with E-state index in [4.69, 9.17) is 4.74 Å². The summed E-state index contributed by atoms with van der Waals surface area (Å²) in [5.41, 5.74) is -1.58. The molecule has 3 heterocycles. The Morgan fingerprint density at radius 3 is 2.77 bits per heavy atom. The maximum atomic E-state index is 13.7. The number of benzene rings is 1. The Bertz CT molecular complexity index is 1080. The number of nitrogens with zero attached hydrogens (tertiary/aromatic N) is 2. The summed E-state index contributed by atoms with van der Waals surface area (Å²) in [5.74, 6) is -3.83. The highest BCUT2D eigenvalue weighted by atomic mass is 19.1. The highest BCUT2D eigenvalue weighted by Crippen LogP contribution is 2.29. The second kappa shape index (κ2) is 7.86. The minimum Gasteiger partial charge on any atom is -0.503 e. The molecule has 0 spiro atoms. The lowest BCUT2D eigenvalue weighted by Gasteiger charge is -2.33. The number of hydrogen-bond acceptors (Lipinski definition) is 5. The van der Waals surface area contributed by atoms with Crippen molar-refractivity contribution in [1.29, 1.82) is 0 Å². The third kappa shape index (κ3) is 3.43. The van der Waals surface area contributed by atoms with Gasteiger partial charge in [-0.1, -0.05) is 13.5 Å². The molecule has 2 amide bonds. The predicted octanol–water partition coefficient (Wildman–Crippen LogP) is 1.60. The van der Waals surface area contributed by atoms with Crippen LogP contribution in [0.4, 0.5) is 8.78 Å². The molecule has 30 heavy (non-hydrogen) atoms. The number of carbonyl (C=O) groups excluding carboxylic acids is 2. The third-order valence-electron chi connectivity index (χ3n) is 5.06. The van der Waals surface area contributed by atoms with Crippen LogP contribution in [0.15, 0.2) is 29.2 Å². The molecule has 2 N–H and O–H groups in total. The van der Waals surface area contributed by atoms with Crippen molar-refractivity contribution in [1.82, 2.24) is 14.8 Å². The smallest absolute Gasteiger partial charge is 0.276 e. The normalized spacial score (nSPS) is 19.7. The molecule has 2 aliphatic rings. The van der Waals surface area contributed by atoms with Gasteiger partial charge in [0.1, 0.15) is 17.2 Å². The summed E-state index contributed by atoms with van der Waals surface area (Å²) in [6.07, 6.45) is 0.617. The van der Waals surface area contributed by atoms with Crippen LogP contribution >= 0.6 is 0 Å². The van der Waals surface area contributed by atoms with Gasteiger partial charge in [-0.25, -0.2) is 8.78 Å². The number of hydrogen-bond donors (Lipinski definition) is 2. The Balaban J connectivity index is 0.00000256. The molecule has 1 saturated heterocycles. The maximum Gasteiger partial charge on any atom is 0.276 e. The summed E-state index contributed by atoms with van der Waals surface area (Å²) in [6, 6.07) is 2.70. The average molecular weight is 421 g/mol. The number of ether oxygens (including phenoxy) is 1. The summed E-state index contributed by atoms with van der Waals surface area (Å²) in [6.45, 7) is 1.97. The Morgan fingerprint density at radius 2 is 2.07 bits per heavy atom. The van der Waals surface area contributed by atoms with E-state index in [1.807, 2.05) is 0 Å². The minimum atomic E-state index is -1.01. The van der Waals surface area contributed by atoms with Crippen molar-refractivity contribution in [3.8, 4) is 5.75 Å². The van der Waals surface area contributed by atoms with Crippen LogP contribution in [0.1, 0.15) is 40.8 Å². The van der Waals surface area contributed by atoms with Crippen molar-refractivity contribution >= 4 is 11.8 Å². The lowest BCUT2D eigenvalue weighted by molar-refractivity contribution is 0.00624. The number of aromatic hydroxyl groups is 1. The largest absolute Gasteiger partial charge is 0.503 e. The van der Waals surface area contributed by atoms with E-state index < -0.39 is 46.4 Å². The van der Waals surface area contributed by atoms with E-state index in [9.17, 15) is 28.3 Å². The van der Waals surface area contributed by atoms with Crippen LogP contribution in [0.2, 0.25) is 0 Å². The van der Waals surface area contributed by atoms with Gasteiger partial charge in [0.05, 0.1) is 19.2 Å². The molecule has 2 aromatic rings. The molecule has 2 aliphatic heterocycles. The first-order valence-electron chi connectivity index (χ1n) is 8.90. The van der Waals surface area contributed by atoms with Gasteiger partial charge in [-0.3, -0.25) is 14.4 Å². The van der Waals surface area contributed by atoms with Gasteiger partial charge in [0.25, 0.3) is 11.8 Å². The molecule has 160 valence electrons. The fourth-order valence-electron chi connectivity index (χ4n) is 3.57. The molecular formula is C20H21F2N3O5. The van der Waals surface area contributed by atoms with Gasteiger partial charge in [0.15, 0.2) is 17.7 Å². The van der Waals surface area contributed by atoms with Crippen molar-refractivity contribution < 1.29 is 28.2 Å². The first-order chi connectivity index (χ1) is 13.8. The van der Waals surface area contributed by atoms with E-state index >= 15 is 0 Å². The van der Waals surface area contributed by atoms with Crippen molar-refractivity contribution in [2.75, 3.05) is 6.61 Å². The van der Waals surface area contributed by atoms with Gasteiger partial charge in [0.2, 0.25) is 5.43 Å². The van der Waals surface area contributed by atoms with E-state index in [-0.39, 0.29) is 37.8 Å². The second-order valence-corrected chi connectivity index (χ2v) is 6.99. The maximum absolute atomic E-state index is 13.7. The minimum absolute atomic E-state index is 0. The fourth-order valence-corrected chi connectivity index (χ4v) is 3.57. The summed E-state index contributed by atoms with van der Waals surface area (Å²) < 4.78 is 33.6. The van der Waals surface area contributed by atoms with Crippen molar-refractivity contribution in [3.05, 3.63) is 63.1 Å². The molecule has 1 aromatic heterocycles. The van der Waals surface area contributed by atoms with Gasteiger partial charge in [-0.05, 0) is 13.0 Å². The zero-order chi connectivity index (χ0) is 20.9. The highest BCUT2D eigenvalue weighted by Gasteiger charge is 2.42. The Kier molecular flexibility index (Phi) is 5.62. The Labute approximate surface area is 170 Å². The first kappa shape index (κ1) is 21.4. The molecule has 10 heteroatoms. The number of pyridine rings is 1. The monoisotopic (exact) mass is 421 g/mol. The summed E-state index contributed by atoms with van der Waals surface area (Å²) in [7, 11) is 0. The number of fused-ring (bicyclic) bond motifs is 2. The molecule has 1 fully saturated rings. The molecule has 2 unspecified atom stereocenters. The van der Waals surface area contributed by atoms with Gasteiger partial charge in [-0.2, -0.15) is 0 Å². The number of amides is 2. The second-order valence-electron chi connectivity index (χ2n) is 6.99. The van der Waals surface area contributed by atoms with Crippen LogP contribution in [0, 0.1) is 11.6 Å². The summed E-state index contributed by atoms with van der Waals surface area (Å²) in [5, 5.41) is 12.7. The van der Waals surface area contributed by atoms with E-state index in [0.717, 1.165) is 6.07 Å². The van der Waals surface area contributed by atoms with E-state index in [1.54, 1.807) is 6.92 Å². The molecule has 0 aliphatic carbocycles. The van der Waals surface area contributed by atoms with Gasteiger partial charge in [-0.15, -0.1) is 0 Å². The van der Waals surface area contributed by atoms with E-state index in [2.05, 4.69) is 5.32 Å². The Hall–Kier alpha value is -3.27. The quantitative estimate of drug-likeness (QED) is 0.784. The van der Waals surface area contributed by atoms with Gasteiger partial charge < -0.3 is 24.6 Å². The van der Waals surface area contributed by atoms with Gasteiger partial charge >= 0.3 is 0 Å². The lowest BCUT2D eigenvalue weighted by atomic mass is 10.1. The Morgan fingerprint density at radius 1 is 1.33 bits per heavy atom. The van der Waals surface area contributed by atoms with Crippen LogP contribution in [-0.2, 0) is 17.8 Å². The zero-order valence-corrected chi connectivity index (χ0v) is 15.3. The zero-order valence-electron chi connectivity index (χ0n) is 15.3. The van der Waals surface area contributed by atoms with Crippen LogP contribution in [0.25, 0.3) is 0 Å². The standard InChI is InChI=1S/C19H17F2N3O5.CH4/c1-9-8-29-14-7-23-6-12(16(25)17(26)15(23)19(28)24(9)14)18(27)22-5-10-2-3-11(20)4-13(10)21;/h2-4,6,9,14,26H,5,7-8H2,1H3,(H,22,27);1H4.